The summed E-state index contributed by atoms with van der Waals surface area (Å²) in [7, 11) is 0.144. The molecule has 0 aromatic heterocycles. The fourth-order valence-corrected chi connectivity index (χ4v) is 4.73. The minimum atomic E-state index is -3.79. The summed E-state index contributed by atoms with van der Waals surface area (Å²) >= 11 is 0. The van der Waals surface area contributed by atoms with Gasteiger partial charge in [0.25, 0.3) is 15.9 Å². The molecule has 0 atom stereocenters. The van der Waals surface area contributed by atoms with Crippen molar-refractivity contribution in [1.82, 2.24) is 5.32 Å². The van der Waals surface area contributed by atoms with Crippen molar-refractivity contribution >= 4 is 27.3 Å². The van der Waals surface area contributed by atoms with E-state index < -0.39 is 10.0 Å². The van der Waals surface area contributed by atoms with E-state index in [4.69, 9.17) is 0 Å². The fraction of sp³-hybridized carbons (Fsp3) is 0.208. The van der Waals surface area contributed by atoms with Crippen LogP contribution in [0.4, 0.5) is 11.4 Å². The van der Waals surface area contributed by atoms with Crippen molar-refractivity contribution < 1.29 is 13.2 Å². The first kappa shape index (κ1) is 22.4. The predicted molar refractivity (Wildman–Crippen MR) is 125 cm³/mol. The number of sulfonamides is 1. The molecule has 0 bridgehead atoms. The van der Waals surface area contributed by atoms with Crippen molar-refractivity contribution in [1.29, 1.82) is 0 Å². The molecule has 0 aliphatic heterocycles. The van der Waals surface area contributed by atoms with Gasteiger partial charge in [-0.05, 0) is 55.0 Å². The van der Waals surface area contributed by atoms with Crippen molar-refractivity contribution in [2.45, 2.75) is 18.4 Å². The summed E-state index contributed by atoms with van der Waals surface area (Å²) in [6.45, 7) is 2.42. The number of hydrogen-bond acceptors (Lipinski definition) is 4. The van der Waals surface area contributed by atoms with E-state index in [-0.39, 0.29) is 17.3 Å². The molecule has 6 nitrogen and oxygen atoms in total. The van der Waals surface area contributed by atoms with Crippen LogP contribution in [0.5, 0.6) is 0 Å². The van der Waals surface area contributed by atoms with Crippen molar-refractivity contribution in [2.75, 3.05) is 29.8 Å². The number of carbonyl (C=O) groups is 1. The molecule has 0 radical (unpaired) electrons. The number of nitrogens with zero attached hydrogens (tertiary/aromatic N) is 2. The van der Waals surface area contributed by atoms with Crippen molar-refractivity contribution in [2.24, 2.45) is 0 Å². The lowest BCUT2D eigenvalue weighted by molar-refractivity contribution is 0.0950. The monoisotopic (exact) mass is 437 g/mol. The quantitative estimate of drug-likeness (QED) is 0.580. The van der Waals surface area contributed by atoms with E-state index in [9.17, 15) is 13.2 Å². The molecule has 3 aromatic carbocycles. The van der Waals surface area contributed by atoms with Crippen molar-refractivity contribution in [3.63, 3.8) is 0 Å². The maximum Gasteiger partial charge on any atom is 0.264 e. The van der Waals surface area contributed by atoms with Crippen LogP contribution in [-0.2, 0) is 16.6 Å². The largest absolute Gasteiger partial charge is 0.378 e. The maximum atomic E-state index is 13.2. The molecule has 0 saturated carbocycles. The Morgan fingerprint density at radius 1 is 0.871 bits per heavy atom. The van der Waals surface area contributed by atoms with Crippen LogP contribution in [0.2, 0.25) is 0 Å². The second-order valence-corrected chi connectivity index (χ2v) is 9.14. The Labute approximate surface area is 184 Å². The number of benzene rings is 3. The van der Waals surface area contributed by atoms with E-state index in [0.717, 1.165) is 11.3 Å². The Hall–Kier alpha value is -3.32. The van der Waals surface area contributed by atoms with Gasteiger partial charge in [0.05, 0.1) is 10.6 Å². The van der Waals surface area contributed by atoms with Crippen LogP contribution >= 0.6 is 0 Å². The highest BCUT2D eigenvalue weighted by atomic mass is 32.2. The van der Waals surface area contributed by atoms with Gasteiger partial charge in [0.1, 0.15) is 0 Å². The second kappa shape index (κ2) is 9.66. The number of anilines is 2. The highest BCUT2D eigenvalue weighted by Crippen LogP contribution is 2.24. The zero-order valence-electron chi connectivity index (χ0n) is 17.9. The Kier molecular flexibility index (Phi) is 6.97. The number of carbonyl (C=O) groups excluding carboxylic acids is 1. The third kappa shape index (κ3) is 5.24. The van der Waals surface area contributed by atoms with Crippen LogP contribution in [0.3, 0.4) is 0 Å². The van der Waals surface area contributed by atoms with E-state index >= 15 is 0 Å². The van der Waals surface area contributed by atoms with Gasteiger partial charge in [-0.1, -0.05) is 36.4 Å². The van der Waals surface area contributed by atoms with Gasteiger partial charge in [-0.3, -0.25) is 9.10 Å². The van der Waals surface area contributed by atoms with Gasteiger partial charge in [-0.2, -0.15) is 0 Å². The van der Waals surface area contributed by atoms with Gasteiger partial charge in [0.15, 0.2) is 0 Å². The van der Waals surface area contributed by atoms with Crippen molar-refractivity contribution in [3.8, 4) is 0 Å². The van der Waals surface area contributed by atoms with Gasteiger partial charge in [0.2, 0.25) is 0 Å². The summed E-state index contributed by atoms with van der Waals surface area (Å²) in [5, 5.41) is 2.86. The Morgan fingerprint density at radius 3 is 2.16 bits per heavy atom. The van der Waals surface area contributed by atoms with Gasteiger partial charge in [-0.15, -0.1) is 0 Å². The average molecular weight is 438 g/mol. The lowest BCUT2D eigenvalue weighted by Gasteiger charge is -2.23. The fourth-order valence-electron chi connectivity index (χ4n) is 3.21. The van der Waals surface area contributed by atoms with Crippen LogP contribution in [0, 0.1) is 0 Å². The van der Waals surface area contributed by atoms with Gasteiger partial charge in [0, 0.05) is 38.4 Å². The summed E-state index contributed by atoms with van der Waals surface area (Å²) in [6.07, 6.45) is 0. The molecule has 0 unspecified atom stereocenters. The molecule has 3 rings (SSSR count). The van der Waals surface area contributed by atoms with Crippen LogP contribution in [0.25, 0.3) is 0 Å². The highest BCUT2D eigenvalue weighted by Gasteiger charge is 2.24. The first-order valence-electron chi connectivity index (χ1n) is 10.0. The molecule has 162 valence electrons. The smallest absolute Gasteiger partial charge is 0.264 e. The number of amides is 1. The topological polar surface area (TPSA) is 69.7 Å². The molecular formula is C24H27N3O3S. The minimum absolute atomic E-state index is 0.0844. The molecule has 1 amide bonds. The third-order valence-electron chi connectivity index (χ3n) is 4.92. The predicted octanol–water partition coefficient (Wildman–Crippen LogP) is 3.90. The summed E-state index contributed by atoms with van der Waals surface area (Å²) in [5.74, 6) is -0.323. The van der Waals surface area contributed by atoms with Crippen LogP contribution < -0.4 is 14.5 Å². The molecule has 1 N–H and O–H groups in total. The van der Waals surface area contributed by atoms with Gasteiger partial charge >= 0.3 is 0 Å². The summed E-state index contributed by atoms with van der Waals surface area (Å²) in [4.78, 5) is 14.7. The molecule has 0 heterocycles. The van der Waals surface area contributed by atoms with Crippen LogP contribution in [-0.4, -0.2) is 35.0 Å². The summed E-state index contributed by atoms with van der Waals surface area (Å²) in [5.41, 5.74) is 2.92. The lowest BCUT2D eigenvalue weighted by atomic mass is 10.1. The number of hydrogen-bond donors (Lipinski definition) is 1. The van der Waals surface area contributed by atoms with E-state index in [1.165, 1.54) is 16.4 Å². The number of nitrogens with one attached hydrogen (secondary N) is 1. The molecule has 0 spiro atoms. The minimum Gasteiger partial charge on any atom is -0.378 e. The van der Waals surface area contributed by atoms with Crippen molar-refractivity contribution in [3.05, 3.63) is 90.0 Å². The first-order valence-corrected chi connectivity index (χ1v) is 11.5. The standard InChI is InChI=1S/C24H27N3O3S/c1-4-27(22-10-6-5-7-11-22)31(29,30)23-12-8-9-20(17-23)24(28)25-18-19-13-15-21(16-14-19)26(2)3/h5-17H,4,18H2,1-3H3,(H,25,28). The van der Waals surface area contributed by atoms with E-state index in [1.54, 1.807) is 43.3 Å². The highest BCUT2D eigenvalue weighted by molar-refractivity contribution is 7.92. The second-order valence-electron chi connectivity index (χ2n) is 7.28. The normalized spacial score (nSPS) is 11.1. The maximum absolute atomic E-state index is 13.2. The summed E-state index contributed by atoms with van der Waals surface area (Å²) in [6, 6.07) is 22.9. The van der Waals surface area contributed by atoms with Gasteiger partial charge in [-0.25, -0.2) is 8.42 Å². The Balaban J connectivity index is 1.76. The molecule has 7 heteroatoms. The zero-order valence-corrected chi connectivity index (χ0v) is 18.8. The first-order chi connectivity index (χ1) is 14.8. The van der Waals surface area contributed by atoms with Crippen LogP contribution in [0.1, 0.15) is 22.8 Å². The van der Waals surface area contributed by atoms with E-state index in [2.05, 4.69) is 5.32 Å². The number of rotatable bonds is 8. The van der Waals surface area contributed by atoms with E-state index in [0.29, 0.717) is 17.8 Å². The number of para-hydroxylation sites is 1. The average Bonchev–Trinajstić information content (AvgIpc) is 2.79. The molecule has 0 saturated heterocycles. The Morgan fingerprint density at radius 2 is 1.55 bits per heavy atom. The molecule has 0 fully saturated rings. The molecule has 3 aromatic rings. The molecular weight excluding hydrogens is 410 g/mol. The zero-order chi connectivity index (χ0) is 22.4. The third-order valence-corrected chi connectivity index (χ3v) is 6.82. The SMILES string of the molecule is CCN(c1ccccc1)S(=O)(=O)c1cccc(C(=O)NCc2ccc(N(C)C)cc2)c1. The van der Waals surface area contributed by atoms with E-state index in [1.807, 2.05) is 49.3 Å². The molecule has 31 heavy (non-hydrogen) atoms. The molecule has 0 aliphatic carbocycles. The summed E-state index contributed by atoms with van der Waals surface area (Å²) < 4.78 is 27.7. The van der Waals surface area contributed by atoms with Gasteiger partial charge < -0.3 is 10.2 Å². The Bertz CT molecular complexity index is 1130. The van der Waals surface area contributed by atoms with Crippen LogP contribution in [0.15, 0.2) is 83.8 Å². The lowest BCUT2D eigenvalue weighted by Crippen LogP contribution is -2.31. The molecule has 0 aliphatic rings.